The smallest absolute Gasteiger partial charge is 0.239 e. The van der Waals surface area contributed by atoms with Crippen LogP contribution in [0.5, 0.6) is 5.88 Å². The molecule has 0 saturated carbocycles. The van der Waals surface area contributed by atoms with Crippen LogP contribution in [-0.2, 0) is 4.79 Å². The highest BCUT2D eigenvalue weighted by atomic mass is 16.5. The van der Waals surface area contributed by atoms with E-state index in [1.165, 1.54) is 7.11 Å². The summed E-state index contributed by atoms with van der Waals surface area (Å²) in [5.74, 6) is -0.226. The molecule has 0 fully saturated rings. The molecular weight excluding hydrogens is 344 g/mol. The zero-order chi connectivity index (χ0) is 19.4. The molecule has 0 radical (unpaired) electrons. The number of aromatic nitrogens is 3. The van der Waals surface area contributed by atoms with E-state index < -0.39 is 11.9 Å². The van der Waals surface area contributed by atoms with E-state index in [2.05, 4.69) is 26.3 Å². The fraction of sp³-hybridized carbons (Fsp3) is 0.211. The molecule has 0 saturated heterocycles. The van der Waals surface area contributed by atoms with Crippen LogP contribution in [-0.4, -0.2) is 34.0 Å². The minimum atomic E-state index is -0.628. The van der Waals surface area contributed by atoms with Crippen molar-refractivity contribution in [1.82, 2.24) is 15.0 Å². The lowest BCUT2D eigenvalue weighted by Crippen LogP contribution is -2.35. The van der Waals surface area contributed by atoms with Gasteiger partial charge in [0.15, 0.2) is 0 Å². The van der Waals surface area contributed by atoms with Gasteiger partial charge in [-0.15, -0.1) is 0 Å². The SMILES string of the molecule is CCC(Nc1nc(OC)c(C#N)c(-c2ccc3ncccc3c2)n1)C(N)=O. The highest BCUT2D eigenvalue weighted by Gasteiger charge is 2.20. The molecular formula is C19H18N6O2. The summed E-state index contributed by atoms with van der Waals surface area (Å²) in [7, 11) is 1.42. The Hall–Kier alpha value is -3.73. The Morgan fingerprint density at radius 2 is 2.19 bits per heavy atom. The van der Waals surface area contributed by atoms with Gasteiger partial charge in [-0.2, -0.15) is 10.2 Å². The quantitative estimate of drug-likeness (QED) is 0.688. The first-order chi connectivity index (χ1) is 13.1. The Bertz CT molecular complexity index is 1040. The van der Waals surface area contributed by atoms with Crippen molar-refractivity contribution in [3.63, 3.8) is 0 Å². The summed E-state index contributed by atoms with van der Waals surface area (Å²) in [6, 6.07) is 10.8. The zero-order valence-electron chi connectivity index (χ0n) is 14.9. The first-order valence-corrected chi connectivity index (χ1v) is 8.34. The lowest BCUT2D eigenvalue weighted by Gasteiger charge is -2.16. The molecule has 1 atom stereocenters. The van der Waals surface area contributed by atoms with Gasteiger partial charge < -0.3 is 15.8 Å². The van der Waals surface area contributed by atoms with Crippen molar-refractivity contribution in [2.24, 2.45) is 5.73 Å². The van der Waals surface area contributed by atoms with E-state index in [1.807, 2.05) is 37.3 Å². The standard InChI is InChI=1S/C19H18N6O2/c1-3-14(17(21)26)23-19-24-16(13(10-20)18(25-19)27-2)12-6-7-15-11(9-12)5-4-8-22-15/h4-9,14H,3H2,1-2H3,(H2,21,26)(H,23,24,25). The van der Waals surface area contributed by atoms with Crippen LogP contribution in [0.15, 0.2) is 36.5 Å². The number of benzene rings is 1. The molecule has 1 aromatic carbocycles. The van der Waals surface area contributed by atoms with Crippen LogP contribution >= 0.6 is 0 Å². The minimum absolute atomic E-state index is 0.121. The van der Waals surface area contributed by atoms with Crippen molar-refractivity contribution in [2.75, 3.05) is 12.4 Å². The number of carbonyl (C=O) groups excluding carboxylic acids is 1. The number of ether oxygens (including phenoxy) is 1. The molecule has 2 heterocycles. The number of nitrogens with zero attached hydrogens (tertiary/aromatic N) is 4. The second kappa shape index (κ2) is 7.66. The fourth-order valence-corrected chi connectivity index (χ4v) is 2.72. The molecule has 8 heteroatoms. The van der Waals surface area contributed by atoms with Gasteiger partial charge in [-0.3, -0.25) is 9.78 Å². The maximum atomic E-state index is 11.5. The molecule has 1 unspecified atom stereocenters. The molecule has 0 aliphatic rings. The topological polar surface area (TPSA) is 127 Å². The monoisotopic (exact) mass is 362 g/mol. The van der Waals surface area contributed by atoms with E-state index in [-0.39, 0.29) is 17.4 Å². The number of methoxy groups -OCH3 is 1. The third-order valence-corrected chi connectivity index (χ3v) is 4.11. The number of anilines is 1. The first-order valence-electron chi connectivity index (χ1n) is 8.34. The van der Waals surface area contributed by atoms with Crippen LogP contribution in [0.1, 0.15) is 18.9 Å². The number of hydrogen-bond donors (Lipinski definition) is 2. The van der Waals surface area contributed by atoms with Gasteiger partial charge in [0.25, 0.3) is 0 Å². The summed E-state index contributed by atoms with van der Waals surface area (Å²) in [4.78, 5) is 24.5. The van der Waals surface area contributed by atoms with Gasteiger partial charge in [-0.1, -0.05) is 19.1 Å². The van der Waals surface area contributed by atoms with Crippen LogP contribution in [0.25, 0.3) is 22.2 Å². The van der Waals surface area contributed by atoms with Crippen molar-refractivity contribution in [3.8, 4) is 23.2 Å². The Kier molecular flexibility index (Phi) is 5.13. The Labute approximate surface area is 156 Å². The molecule has 0 aliphatic heterocycles. The van der Waals surface area contributed by atoms with Gasteiger partial charge in [0.2, 0.25) is 17.7 Å². The van der Waals surface area contributed by atoms with Crippen molar-refractivity contribution < 1.29 is 9.53 Å². The van der Waals surface area contributed by atoms with Crippen molar-refractivity contribution in [3.05, 3.63) is 42.1 Å². The number of nitrogens with two attached hydrogens (primary N) is 1. The van der Waals surface area contributed by atoms with E-state index in [1.54, 1.807) is 6.20 Å². The fourth-order valence-electron chi connectivity index (χ4n) is 2.72. The van der Waals surface area contributed by atoms with Crippen LogP contribution in [0.3, 0.4) is 0 Å². The van der Waals surface area contributed by atoms with Gasteiger partial charge in [0.1, 0.15) is 17.7 Å². The van der Waals surface area contributed by atoms with Crippen molar-refractivity contribution in [2.45, 2.75) is 19.4 Å². The Balaban J connectivity index is 2.15. The Morgan fingerprint density at radius 1 is 1.37 bits per heavy atom. The molecule has 0 aliphatic carbocycles. The minimum Gasteiger partial charge on any atom is -0.480 e. The summed E-state index contributed by atoms with van der Waals surface area (Å²) in [6.07, 6.45) is 2.19. The second-order valence-corrected chi connectivity index (χ2v) is 5.81. The summed E-state index contributed by atoms with van der Waals surface area (Å²) >= 11 is 0. The molecule has 0 bridgehead atoms. The lowest BCUT2D eigenvalue weighted by molar-refractivity contribution is -0.118. The van der Waals surface area contributed by atoms with Crippen LogP contribution < -0.4 is 15.8 Å². The normalized spacial score (nSPS) is 11.6. The number of pyridine rings is 1. The summed E-state index contributed by atoms with van der Waals surface area (Å²) in [5.41, 5.74) is 7.54. The predicted octanol–water partition coefficient (Wildman–Crippen LogP) is 2.25. The van der Waals surface area contributed by atoms with E-state index in [9.17, 15) is 10.1 Å². The average Bonchev–Trinajstić information content (AvgIpc) is 2.70. The molecule has 136 valence electrons. The van der Waals surface area contributed by atoms with Gasteiger partial charge in [0, 0.05) is 17.1 Å². The van der Waals surface area contributed by atoms with E-state index in [0.29, 0.717) is 17.7 Å². The van der Waals surface area contributed by atoms with Crippen LogP contribution in [0.4, 0.5) is 5.95 Å². The highest BCUT2D eigenvalue weighted by Crippen LogP contribution is 2.30. The van der Waals surface area contributed by atoms with Crippen LogP contribution in [0, 0.1) is 11.3 Å². The number of hydrogen-bond acceptors (Lipinski definition) is 7. The average molecular weight is 362 g/mol. The molecule has 3 N–H and O–H groups in total. The molecule has 0 spiro atoms. The molecule has 1 amide bonds. The van der Waals surface area contributed by atoms with E-state index in [0.717, 1.165) is 10.9 Å². The van der Waals surface area contributed by atoms with E-state index >= 15 is 0 Å². The third-order valence-electron chi connectivity index (χ3n) is 4.11. The summed E-state index contributed by atoms with van der Waals surface area (Å²) in [6.45, 7) is 1.82. The van der Waals surface area contributed by atoms with E-state index in [4.69, 9.17) is 10.5 Å². The largest absolute Gasteiger partial charge is 0.480 e. The number of amides is 1. The van der Waals surface area contributed by atoms with Crippen molar-refractivity contribution in [1.29, 1.82) is 5.26 Å². The number of carbonyl (C=O) groups is 1. The maximum Gasteiger partial charge on any atom is 0.239 e. The lowest BCUT2D eigenvalue weighted by atomic mass is 10.0. The van der Waals surface area contributed by atoms with Crippen LogP contribution in [0.2, 0.25) is 0 Å². The summed E-state index contributed by atoms with van der Waals surface area (Å²) < 4.78 is 5.26. The van der Waals surface area contributed by atoms with Gasteiger partial charge in [-0.05, 0) is 24.6 Å². The number of nitrogens with one attached hydrogen (secondary N) is 1. The van der Waals surface area contributed by atoms with Gasteiger partial charge in [0.05, 0.1) is 18.3 Å². The second-order valence-electron chi connectivity index (χ2n) is 5.81. The highest BCUT2D eigenvalue weighted by molar-refractivity contribution is 5.85. The zero-order valence-corrected chi connectivity index (χ0v) is 14.9. The molecule has 3 aromatic rings. The predicted molar refractivity (Wildman–Crippen MR) is 101 cm³/mol. The maximum absolute atomic E-state index is 11.5. The van der Waals surface area contributed by atoms with Gasteiger partial charge >= 0.3 is 0 Å². The van der Waals surface area contributed by atoms with Gasteiger partial charge in [-0.25, -0.2) is 4.98 Å². The first kappa shape index (κ1) is 18.1. The Morgan fingerprint density at radius 3 is 2.85 bits per heavy atom. The number of fused-ring (bicyclic) bond motifs is 1. The third kappa shape index (κ3) is 3.62. The summed E-state index contributed by atoms with van der Waals surface area (Å²) in [5, 5.41) is 13.4. The molecule has 27 heavy (non-hydrogen) atoms. The number of rotatable bonds is 6. The number of nitriles is 1. The molecule has 8 nitrogen and oxygen atoms in total. The van der Waals surface area contributed by atoms with Crippen molar-refractivity contribution >= 4 is 22.8 Å². The number of primary amides is 1. The molecule has 2 aromatic heterocycles. The molecule has 3 rings (SSSR count).